The van der Waals surface area contributed by atoms with Crippen molar-refractivity contribution in [3.05, 3.63) is 59.7 Å². The zero-order valence-electron chi connectivity index (χ0n) is 17.5. The van der Waals surface area contributed by atoms with Crippen LogP contribution in [0.1, 0.15) is 42.1 Å². The molecule has 1 N–H and O–H groups in total. The molecule has 1 heterocycles. The van der Waals surface area contributed by atoms with Crippen LogP contribution in [0.25, 0.3) is 0 Å². The average Bonchev–Trinajstić information content (AvgIpc) is 2.74. The Morgan fingerprint density at radius 3 is 2.17 bits per heavy atom. The van der Waals surface area contributed by atoms with Crippen LogP contribution in [0.3, 0.4) is 0 Å². The van der Waals surface area contributed by atoms with Crippen LogP contribution in [0.5, 0.6) is 0 Å². The molecule has 0 radical (unpaired) electrons. The molecule has 0 unspecified atom stereocenters. The second-order valence-electron chi connectivity index (χ2n) is 7.76. The van der Waals surface area contributed by atoms with E-state index in [0.717, 1.165) is 44.7 Å². The molecule has 0 aromatic heterocycles. The molecule has 0 aliphatic carbocycles. The van der Waals surface area contributed by atoms with Crippen molar-refractivity contribution < 1.29 is 9.59 Å². The predicted octanol–water partition coefficient (Wildman–Crippen LogP) is 3.99. The van der Waals surface area contributed by atoms with Gasteiger partial charge in [-0.1, -0.05) is 37.6 Å². The van der Waals surface area contributed by atoms with Crippen molar-refractivity contribution in [1.82, 2.24) is 4.90 Å². The van der Waals surface area contributed by atoms with Crippen LogP contribution in [0.15, 0.2) is 48.5 Å². The summed E-state index contributed by atoms with van der Waals surface area (Å²) < 4.78 is 0. The minimum Gasteiger partial charge on any atom is -0.369 e. The van der Waals surface area contributed by atoms with Crippen LogP contribution >= 0.6 is 0 Å². The van der Waals surface area contributed by atoms with Gasteiger partial charge in [0.1, 0.15) is 0 Å². The Balaban J connectivity index is 1.46. The number of benzene rings is 2. The van der Waals surface area contributed by atoms with Gasteiger partial charge >= 0.3 is 0 Å². The summed E-state index contributed by atoms with van der Waals surface area (Å²) in [6, 6.07) is 15.7. The third-order valence-electron chi connectivity index (χ3n) is 5.41. The lowest BCUT2D eigenvalue weighted by molar-refractivity contribution is -0.116. The molecule has 0 saturated carbocycles. The standard InChI is InChI=1S/C24H31N3O2/c1-3-4-19-5-7-20(8-6-19)23(28)13-14-24(29)25-21-9-11-22(12-10-21)27-17-15-26(2)16-18-27/h5-12H,3-4,13-18H2,1-2H3,(H,25,29). The Kier molecular flexibility index (Phi) is 7.42. The number of nitrogens with zero attached hydrogens (tertiary/aromatic N) is 2. The molecule has 154 valence electrons. The number of amides is 1. The van der Waals surface area contributed by atoms with Crippen molar-refractivity contribution in [3.63, 3.8) is 0 Å². The first-order chi connectivity index (χ1) is 14.0. The molecule has 0 bridgehead atoms. The third kappa shape index (κ3) is 6.16. The van der Waals surface area contributed by atoms with Gasteiger partial charge in [0.15, 0.2) is 5.78 Å². The topological polar surface area (TPSA) is 52.7 Å². The van der Waals surface area contributed by atoms with E-state index in [1.807, 2.05) is 48.5 Å². The number of likely N-dealkylation sites (N-methyl/N-ethyl adjacent to an activating group) is 1. The molecule has 5 nitrogen and oxygen atoms in total. The minimum absolute atomic E-state index is 0.00797. The van der Waals surface area contributed by atoms with Gasteiger partial charge in [-0.3, -0.25) is 9.59 Å². The second kappa shape index (κ2) is 10.2. The van der Waals surface area contributed by atoms with Crippen molar-refractivity contribution in [2.75, 3.05) is 43.4 Å². The lowest BCUT2D eigenvalue weighted by Gasteiger charge is -2.34. The number of aryl methyl sites for hydroxylation is 1. The first-order valence-corrected chi connectivity index (χ1v) is 10.5. The van der Waals surface area contributed by atoms with E-state index < -0.39 is 0 Å². The van der Waals surface area contributed by atoms with Gasteiger partial charge in [-0.05, 0) is 43.3 Å². The number of piperazine rings is 1. The van der Waals surface area contributed by atoms with Crippen LogP contribution in [0.4, 0.5) is 11.4 Å². The molecule has 1 aliphatic heterocycles. The van der Waals surface area contributed by atoms with E-state index in [2.05, 4.69) is 29.1 Å². The SMILES string of the molecule is CCCc1ccc(C(=O)CCC(=O)Nc2ccc(N3CCN(C)CC3)cc2)cc1. The van der Waals surface area contributed by atoms with Crippen LogP contribution in [0.2, 0.25) is 0 Å². The Hall–Kier alpha value is -2.66. The Morgan fingerprint density at radius 1 is 0.897 bits per heavy atom. The Labute approximate surface area is 173 Å². The van der Waals surface area contributed by atoms with Crippen molar-refractivity contribution in [1.29, 1.82) is 0 Å². The summed E-state index contributed by atoms with van der Waals surface area (Å²) in [7, 11) is 2.14. The number of ketones is 1. The highest BCUT2D eigenvalue weighted by atomic mass is 16.2. The van der Waals surface area contributed by atoms with E-state index in [-0.39, 0.29) is 24.5 Å². The largest absolute Gasteiger partial charge is 0.369 e. The Morgan fingerprint density at radius 2 is 1.55 bits per heavy atom. The normalized spacial score (nSPS) is 14.6. The number of carbonyl (C=O) groups is 2. The quantitative estimate of drug-likeness (QED) is 0.689. The summed E-state index contributed by atoms with van der Waals surface area (Å²) in [5.74, 6) is -0.123. The summed E-state index contributed by atoms with van der Waals surface area (Å²) in [6.45, 7) is 6.30. The number of anilines is 2. The molecule has 1 fully saturated rings. The van der Waals surface area contributed by atoms with E-state index in [9.17, 15) is 9.59 Å². The molecule has 2 aromatic carbocycles. The molecule has 5 heteroatoms. The average molecular weight is 394 g/mol. The minimum atomic E-state index is -0.131. The van der Waals surface area contributed by atoms with E-state index in [4.69, 9.17) is 0 Å². The fourth-order valence-electron chi connectivity index (χ4n) is 3.56. The lowest BCUT2D eigenvalue weighted by Crippen LogP contribution is -2.44. The first kappa shape index (κ1) is 21.1. The Bertz CT molecular complexity index is 807. The number of nitrogens with one attached hydrogen (secondary N) is 1. The van der Waals surface area contributed by atoms with Gasteiger partial charge in [0.2, 0.25) is 5.91 Å². The fraction of sp³-hybridized carbons (Fsp3) is 0.417. The number of carbonyl (C=O) groups excluding carboxylic acids is 2. The van der Waals surface area contributed by atoms with Gasteiger partial charge in [0.25, 0.3) is 0 Å². The zero-order chi connectivity index (χ0) is 20.6. The highest BCUT2D eigenvalue weighted by Crippen LogP contribution is 2.19. The predicted molar refractivity (Wildman–Crippen MR) is 119 cm³/mol. The maximum absolute atomic E-state index is 12.3. The maximum atomic E-state index is 12.3. The van der Waals surface area contributed by atoms with Crippen LogP contribution in [0, 0.1) is 0 Å². The summed E-state index contributed by atoms with van der Waals surface area (Å²) in [6.07, 6.45) is 2.52. The van der Waals surface area contributed by atoms with Crippen LogP contribution in [-0.2, 0) is 11.2 Å². The van der Waals surface area contributed by atoms with Crippen molar-refractivity contribution in [3.8, 4) is 0 Å². The highest BCUT2D eigenvalue weighted by molar-refractivity contribution is 6.00. The van der Waals surface area contributed by atoms with E-state index in [1.165, 1.54) is 11.3 Å². The molecule has 3 rings (SSSR count). The van der Waals surface area contributed by atoms with Gasteiger partial charge in [-0.15, -0.1) is 0 Å². The second-order valence-corrected chi connectivity index (χ2v) is 7.76. The molecule has 1 saturated heterocycles. The first-order valence-electron chi connectivity index (χ1n) is 10.5. The van der Waals surface area contributed by atoms with E-state index >= 15 is 0 Å². The summed E-state index contributed by atoms with van der Waals surface area (Å²) >= 11 is 0. The smallest absolute Gasteiger partial charge is 0.224 e. The third-order valence-corrected chi connectivity index (χ3v) is 5.41. The molecular weight excluding hydrogens is 362 g/mol. The molecule has 29 heavy (non-hydrogen) atoms. The van der Waals surface area contributed by atoms with Gasteiger partial charge < -0.3 is 15.1 Å². The fourth-order valence-corrected chi connectivity index (χ4v) is 3.56. The van der Waals surface area contributed by atoms with Gasteiger partial charge in [-0.2, -0.15) is 0 Å². The molecular formula is C24H31N3O2. The zero-order valence-corrected chi connectivity index (χ0v) is 17.5. The van der Waals surface area contributed by atoms with E-state index in [1.54, 1.807) is 0 Å². The number of hydrogen-bond donors (Lipinski definition) is 1. The molecule has 2 aromatic rings. The van der Waals surface area contributed by atoms with Crippen molar-refractivity contribution in [2.45, 2.75) is 32.6 Å². The number of hydrogen-bond acceptors (Lipinski definition) is 4. The number of Topliss-reactive ketones (excluding diaryl/α,β-unsaturated/α-hetero) is 1. The molecule has 0 spiro atoms. The van der Waals surface area contributed by atoms with Crippen LogP contribution < -0.4 is 10.2 Å². The molecule has 1 aliphatic rings. The lowest BCUT2D eigenvalue weighted by atomic mass is 10.0. The highest BCUT2D eigenvalue weighted by Gasteiger charge is 2.14. The monoisotopic (exact) mass is 393 g/mol. The maximum Gasteiger partial charge on any atom is 0.224 e. The van der Waals surface area contributed by atoms with E-state index in [0.29, 0.717) is 5.56 Å². The van der Waals surface area contributed by atoms with Gasteiger partial charge in [-0.25, -0.2) is 0 Å². The summed E-state index contributed by atoms with van der Waals surface area (Å²) in [5.41, 5.74) is 3.86. The summed E-state index contributed by atoms with van der Waals surface area (Å²) in [5, 5.41) is 2.89. The van der Waals surface area contributed by atoms with Crippen molar-refractivity contribution >= 4 is 23.1 Å². The van der Waals surface area contributed by atoms with Crippen LogP contribution in [-0.4, -0.2) is 49.8 Å². The summed E-state index contributed by atoms with van der Waals surface area (Å²) in [4.78, 5) is 29.2. The van der Waals surface area contributed by atoms with Gasteiger partial charge in [0, 0.05) is 56.0 Å². The number of rotatable bonds is 8. The molecule has 0 atom stereocenters. The van der Waals surface area contributed by atoms with Crippen molar-refractivity contribution in [2.24, 2.45) is 0 Å². The van der Waals surface area contributed by atoms with Gasteiger partial charge in [0.05, 0.1) is 0 Å². The molecule has 1 amide bonds.